The largest absolute Gasteiger partial charge is 0.421 e. The molecule has 0 unspecified atom stereocenters. The second-order valence-corrected chi connectivity index (χ2v) is 3.16. The van der Waals surface area contributed by atoms with Crippen LogP contribution in [0.3, 0.4) is 0 Å². The molecule has 0 saturated heterocycles. The smallest absolute Gasteiger partial charge is 0.369 e. The Labute approximate surface area is 92.8 Å². The molecule has 1 heterocycles. The fraction of sp³-hybridized carbons (Fsp3) is 0.375. The van der Waals surface area contributed by atoms with Crippen LogP contribution in [0, 0.1) is 10.1 Å². The van der Waals surface area contributed by atoms with E-state index in [4.69, 9.17) is 0 Å². The zero-order valence-corrected chi connectivity index (χ0v) is 8.83. The van der Waals surface area contributed by atoms with Gasteiger partial charge in [-0.1, -0.05) is 0 Å². The topological polar surface area (TPSA) is 77.2 Å². The van der Waals surface area contributed by atoms with Gasteiger partial charge in [0.15, 0.2) is 5.82 Å². The maximum absolute atomic E-state index is 12.5. The molecule has 0 aliphatic rings. The first-order chi connectivity index (χ1) is 7.70. The lowest BCUT2D eigenvalue weighted by atomic mass is 10.2. The summed E-state index contributed by atoms with van der Waals surface area (Å²) in [6.45, 7) is 0. The van der Waals surface area contributed by atoms with Crippen LogP contribution < -0.4 is 10.9 Å². The third kappa shape index (κ3) is 2.22. The van der Waals surface area contributed by atoms with E-state index in [1.807, 2.05) is 0 Å². The van der Waals surface area contributed by atoms with Crippen molar-refractivity contribution < 1.29 is 18.1 Å². The highest BCUT2D eigenvalue weighted by Crippen LogP contribution is 2.31. The van der Waals surface area contributed by atoms with Crippen molar-refractivity contribution in [2.75, 3.05) is 12.4 Å². The Kier molecular flexibility index (Phi) is 3.12. The lowest BCUT2D eigenvalue weighted by Gasteiger charge is -2.12. The highest BCUT2D eigenvalue weighted by atomic mass is 19.4. The van der Waals surface area contributed by atoms with Crippen LogP contribution in [0.15, 0.2) is 10.9 Å². The summed E-state index contributed by atoms with van der Waals surface area (Å²) in [5.41, 5.74) is -3.71. The van der Waals surface area contributed by atoms with Crippen molar-refractivity contribution in [2.45, 2.75) is 6.18 Å². The number of aromatic nitrogens is 1. The van der Waals surface area contributed by atoms with E-state index in [-0.39, 0.29) is 11.9 Å². The molecule has 94 valence electrons. The molecule has 1 rings (SSSR count). The van der Waals surface area contributed by atoms with Crippen molar-refractivity contribution in [3.63, 3.8) is 0 Å². The number of halogens is 3. The number of nitro groups is 1. The molecule has 1 N–H and O–H groups in total. The summed E-state index contributed by atoms with van der Waals surface area (Å²) in [6, 6.07) is 0.230. The number of pyridine rings is 1. The standard InChI is InChI=1S/C8H8F3N3O3/c1-12-6-5(14(16)17)3-4(8(9,10)11)7(15)13(6)2/h3,12H,1-2H3. The fourth-order valence-corrected chi connectivity index (χ4v) is 1.36. The van der Waals surface area contributed by atoms with Gasteiger partial charge in [-0.25, -0.2) is 0 Å². The van der Waals surface area contributed by atoms with Gasteiger partial charge in [0, 0.05) is 20.2 Å². The molecule has 0 amide bonds. The van der Waals surface area contributed by atoms with E-state index >= 15 is 0 Å². The summed E-state index contributed by atoms with van der Waals surface area (Å²) in [4.78, 5) is 21.0. The van der Waals surface area contributed by atoms with Crippen molar-refractivity contribution in [3.8, 4) is 0 Å². The molecule has 0 aliphatic heterocycles. The van der Waals surface area contributed by atoms with Crippen LogP contribution in [0.2, 0.25) is 0 Å². The molecule has 17 heavy (non-hydrogen) atoms. The average Bonchev–Trinajstić information content (AvgIpc) is 2.19. The second-order valence-electron chi connectivity index (χ2n) is 3.16. The summed E-state index contributed by atoms with van der Waals surface area (Å²) in [5.74, 6) is -0.284. The van der Waals surface area contributed by atoms with E-state index in [0.717, 1.165) is 7.05 Å². The SMILES string of the molecule is CNc1c([N+](=O)[O-])cc(C(F)(F)F)c(=O)n1C. The van der Waals surface area contributed by atoms with Crippen LogP contribution in [0.25, 0.3) is 0 Å². The van der Waals surface area contributed by atoms with Gasteiger partial charge in [-0.05, 0) is 0 Å². The molecule has 6 nitrogen and oxygen atoms in total. The Morgan fingerprint density at radius 3 is 2.35 bits per heavy atom. The number of hydrogen-bond acceptors (Lipinski definition) is 4. The molecule has 0 fully saturated rings. The van der Waals surface area contributed by atoms with Crippen LogP contribution >= 0.6 is 0 Å². The highest BCUT2D eigenvalue weighted by Gasteiger charge is 2.37. The lowest BCUT2D eigenvalue weighted by molar-refractivity contribution is -0.384. The minimum atomic E-state index is -4.92. The average molecular weight is 251 g/mol. The molecule has 0 spiro atoms. The monoisotopic (exact) mass is 251 g/mol. The van der Waals surface area contributed by atoms with Gasteiger partial charge in [0.25, 0.3) is 5.56 Å². The van der Waals surface area contributed by atoms with E-state index in [9.17, 15) is 28.1 Å². The Bertz CT molecular complexity index is 521. The quantitative estimate of drug-likeness (QED) is 0.635. The molecule has 0 bridgehead atoms. The van der Waals surface area contributed by atoms with Gasteiger partial charge < -0.3 is 5.32 Å². The van der Waals surface area contributed by atoms with Crippen molar-refractivity contribution in [2.24, 2.45) is 7.05 Å². The predicted octanol–water partition coefficient (Wildman–Crippen LogP) is 1.35. The van der Waals surface area contributed by atoms with Gasteiger partial charge >= 0.3 is 11.9 Å². The molecule has 0 atom stereocenters. The summed E-state index contributed by atoms with van der Waals surface area (Å²) in [6.07, 6.45) is -4.92. The molecule has 0 saturated carbocycles. The number of rotatable bonds is 2. The fourth-order valence-electron chi connectivity index (χ4n) is 1.36. The number of nitrogens with one attached hydrogen (secondary N) is 1. The van der Waals surface area contributed by atoms with Crippen LogP contribution in [0.5, 0.6) is 0 Å². The van der Waals surface area contributed by atoms with E-state index in [2.05, 4.69) is 5.32 Å². The van der Waals surface area contributed by atoms with E-state index in [1.165, 1.54) is 7.05 Å². The third-order valence-electron chi connectivity index (χ3n) is 2.13. The van der Waals surface area contributed by atoms with Gasteiger partial charge in [-0.15, -0.1) is 0 Å². The van der Waals surface area contributed by atoms with Gasteiger partial charge in [-0.3, -0.25) is 19.5 Å². The van der Waals surface area contributed by atoms with Crippen LogP contribution in [-0.4, -0.2) is 16.5 Å². The predicted molar refractivity (Wildman–Crippen MR) is 52.9 cm³/mol. The van der Waals surface area contributed by atoms with Crippen LogP contribution in [0.4, 0.5) is 24.7 Å². The number of nitrogens with zero attached hydrogens (tertiary/aromatic N) is 2. The number of alkyl halides is 3. The van der Waals surface area contributed by atoms with Crippen molar-refractivity contribution in [1.29, 1.82) is 0 Å². The van der Waals surface area contributed by atoms with Crippen molar-refractivity contribution >= 4 is 11.5 Å². The molecule has 0 aliphatic carbocycles. The second kappa shape index (κ2) is 4.07. The zero-order chi connectivity index (χ0) is 13.4. The molecule has 9 heteroatoms. The van der Waals surface area contributed by atoms with Gasteiger partial charge in [0.05, 0.1) is 4.92 Å². The maximum atomic E-state index is 12.5. The first kappa shape index (κ1) is 13.0. The van der Waals surface area contributed by atoms with Gasteiger partial charge in [0.1, 0.15) is 5.56 Å². The Morgan fingerprint density at radius 1 is 1.47 bits per heavy atom. The molecule has 0 aromatic carbocycles. The van der Waals surface area contributed by atoms with Crippen LogP contribution in [0.1, 0.15) is 5.56 Å². The van der Waals surface area contributed by atoms with Crippen LogP contribution in [-0.2, 0) is 13.2 Å². The normalized spacial score (nSPS) is 11.4. The summed E-state index contributed by atoms with van der Waals surface area (Å²) in [7, 11) is 2.30. The highest BCUT2D eigenvalue weighted by molar-refractivity contribution is 5.57. The Hall–Kier alpha value is -2.06. The summed E-state index contributed by atoms with van der Waals surface area (Å²) >= 11 is 0. The lowest BCUT2D eigenvalue weighted by Crippen LogP contribution is -2.29. The first-order valence-electron chi connectivity index (χ1n) is 4.33. The Morgan fingerprint density at radius 2 is 2.00 bits per heavy atom. The van der Waals surface area contributed by atoms with Gasteiger partial charge in [0.2, 0.25) is 0 Å². The maximum Gasteiger partial charge on any atom is 0.421 e. The Balaban J connectivity index is 3.70. The summed E-state index contributed by atoms with van der Waals surface area (Å²) < 4.78 is 37.9. The summed E-state index contributed by atoms with van der Waals surface area (Å²) in [5, 5.41) is 12.9. The third-order valence-corrected chi connectivity index (χ3v) is 2.13. The van der Waals surface area contributed by atoms with E-state index in [1.54, 1.807) is 0 Å². The zero-order valence-electron chi connectivity index (χ0n) is 8.83. The van der Waals surface area contributed by atoms with Crippen molar-refractivity contribution in [1.82, 2.24) is 4.57 Å². The molecule has 1 aromatic rings. The minimum absolute atomic E-state index is 0.230. The van der Waals surface area contributed by atoms with Crippen molar-refractivity contribution in [3.05, 3.63) is 32.1 Å². The molecular formula is C8H8F3N3O3. The first-order valence-corrected chi connectivity index (χ1v) is 4.33. The number of hydrogen-bond donors (Lipinski definition) is 1. The van der Waals surface area contributed by atoms with Gasteiger partial charge in [-0.2, -0.15) is 13.2 Å². The van der Waals surface area contributed by atoms with E-state index < -0.39 is 27.9 Å². The minimum Gasteiger partial charge on any atom is -0.369 e. The molecular weight excluding hydrogens is 243 g/mol. The van der Waals surface area contributed by atoms with E-state index in [0.29, 0.717) is 4.57 Å². The molecule has 1 aromatic heterocycles. The molecule has 0 radical (unpaired) electrons. The number of anilines is 1.